The molecule has 18 heavy (non-hydrogen) atoms. The lowest BCUT2D eigenvalue weighted by Crippen LogP contribution is -1.92. The van der Waals surface area contributed by atoms with Gasteiger partial charge in [-0.25, -0.2) is 0 Å². The third-order valence-corrected chi connectivity index (χ3v) is 3.07. The van der Waals surface area contributed by atoms with E-state index in [1.807, 2.05) is 0 Å². The van der Waals surface area contributed by atoms with Gasteiger partial charge in [0.15, 0.2) is 0 Å². The zero-order chi connectivity index (χ0) is 12.8. The smallest absolute Gasteiger partial charge is 0.00726 e. The van der Waals surface area contributed by atoms with Crippen LogP contribution < -0.4 is 0 Å². The van der Waals surface area contributed by atoms with Crippen molar-refractivity contribution in [2.45, 2.75) is 26.2 Å². The molecular formula is C18H20. The molecule has 0 radical (unpaired) electrons. The van der Waals surface area contributed by atoms with Gasteiger partial charge in [0, 0.05) is 0 Å². The van der Waals surface area contributed by atoms with Crippen LogP contribution in [0.2, 0.25) is 0 Å². The van der Waals surface area contributed by atoms with Gasteiger partial charge in [-0.15, -0.1) is 0 Å². The second-order valence-corrected chi connectivity index (χ2v) is 4.94. The predicted molar refractivity (Wildman–Crippen MR) is 78.8 cm³/mol. The first-order chi connectivity index (χ1) is 8.74. The molecule has 0 aliphatic rings. The molecule has 0 amide bonds. The van der Waals surface area contributed by atoms with E-state index in [9.17, 15) is 0 Å². The molecule has 2 aromatic carbocycles. The number of allylic oxidation sites excluding steroid dienone is 1. The predicted octanol–water partition coefficient (Wildman–Crippen LogP) is 4.59. The highest BCUT2D eigenvalue weighted by Gasteiger charge is 1.97. The highest BCUT2D eigenvalue weighted by molar-refractivity contribution is 5.26. The number of hydrogen-bond donors (Lipinski definition) is 0. The van der Waals surface area contributed by atoms with E-state index in [4.69, 9.17) is 0 Å². The summed E-state index contributed by atoms with van der Waals surface area (Å²) in [5.74, 6) is 0. The lowest BCUT2D eigenvalue weighted by molar-refractivity contribution is 0.958. The van der Waals surface area contributed by atoms with Crippen molar-refractivity contribution >= 4 is 0 Å². The van der Waals surface area contributed by atoms with Crippen LogP contribution in [0.3, 0.4) is 0 Å². The Labute approximate surface area is 110 Å². The van der Waals surface area contributed by atoms with Crippen molar-refractivity contribution in [1.29, 1.82) is 0 Å². The van der Waals surface area contributed by atoms with E-state index in [1.165, 1.54) is 22.3 Å². The van der Waals surface area contributed by atoms with Crippen LogP contribution in [0.25, 0.3) is 0 Å². The Morgan fingerprint density at radius 2 is 1.28 bits per heavy atom. The summed E-state index contributed by atoms with van der Waals surface area (Å²) in [6.45, 7) is 6.02. The maximum absolute atomic E-state index is 3.95. The molecule has 0 atom stereocenters. The SMILES string of the molecule is C=C(C)Cc1ccc(CCc2ccccc2)cc1. The summed E-state index contributed by atoms with van der Waals surface area (Å²) in [6.07, 6.45) is 3.21. The van der Waals surface area contributed by atoms with Gasteiger partial charge in [-0.1, -0.05) is 66.7 Å². The zero-order valence-electron chi connectivity index (χ0n) is 11.0. The average molecular weight is 236 g/mol. The van der Waals surface area contributed by atoms with Gasteiger partial charge in [0.1, 0.15) is 0 Å². The van der Waals surface area contributed by atoms with Crippen LogP contribution in [0, 0.1) is 0 Å². The normalized spacial score (nSPS) is 10.3. The van der Waals surface area contributed by atoms with Crippen LogP contribution in [0.4, 0.5) is 0 Å². The van der Waals surface area contributed by atoms with E-state index in [0.717, 1.165) is 19.3 Å². The number of benzene rings is 2. The standard InChI is InChI=1S/C18H20/c1-15(2)14-18-12-10-17(11-13-18)9-8-16-6-4-3-5-7-16/h3-7,10-13H,1,8-9,14H2,2H3. The van der Waals surface area contributed by atoms with Gasteiger partial charge in [0.2, 0.25) is 0 Å². The molecule has 0 N–H and O–H groups in total. The Balaban J connectivity index is 1.92. The van der Waals surface area contributed by atoms with Crippen molar-refractivity contribution < 1.29 is 0 Å². The third kappa shape index (κ3) is 3.89. The Kier molecular flexibility index (Phi) is 4.35. The highest BCUT2D eigenvalue weighted by Crippen LogP contribution is 2.11. The lowest BCUT2D eigenvalue weighted by atomic mass is 10.0. The van der Waals surface area contributed by atoms with Crippen LogP contribution in [0.5, 0.6) is 0 Å². The van der Waals surface area contributed by atoms with Gasteiger partial charge < -0.3 is 0 Å². The van der Waals surface area contributed by atoms with Crippen LogP contribution in [0.1, 0.15) is 23.6 Å². The Morgan fingerprint density at radius 1 is 0.778 bits per heavy atom. The van der Waals surface area contributed by atoms with Gasteiger partial charge in [-0.3, -0.25) is 0 Å². The maximum atomic E-state index is 3.95. The van der Waals surface area contributed by atoms with Crippen LogP contribution in [-0.2, 0) is 19.3 Å². The lowest BCUT2D eigenvalue weighted by Gasteiger charge is -2.04. The van der Waals surface area contributed by atoms with E-state index in [0.29, 0.717) is 0 Å². The molecule has 0 fully saturated rings. The Hall–Kier alpha value is -1.82. The minimum atomic E-state index is 0.985. The van der Waals surface area contributed by atoms with Crippen LogP contribution in [-0.4, -0.2) is 0 Å². The Morgan fingerprint density at radius 3 is 1.83 bits per heavy atom. The minimum absolute atomic E-state index is 0.985. The summed E-state index contributed by atoms with van der Waals surface area (Å²) in [5, 5.41) is 0. The summed E-state index contributed by atoms with van der Waals surface area (Å²) in [4.78, 5) is 0. The summed E-state index contributed by atoms with van der Waals surface area (Å²) in [5.41, 5.74) is 5.38. The molecule has 0 spiro atoms. The number of hydrogen-bond acceptors (Lipinski definition) is 0. The molecular weight excluding hydrogens is 216 g/mol. The third-order valence-electron chi connectivity index (χ3n) is 3.07. The van der Waals surface area contributed by atoms with Crippen molar-refractivity contribution in [3.05, 3.63) is 83.4 Å². The van der Waals surface area contributed by atoms with E-state index in [-0.39, 0.29) is 0 Å². The fourth-order valence-corrected chi connectivity index (χ4v) is 2.11. The second-order valence-electron chi connectivity index (χ2n) is 4.94. The van der Waals surface area contributed by atoms with E-state index in [1.54, 1.807) is 0 Å². The van der Waals surface area contributed by atoms with Crippen molar-refractivity contribution in [2.75, 3.05) is 0 Å². The van der Waals surface area contributed by atoms with Crippen molar-refractivity contribution in [3.8, 4) is 0 Å². The zero-order valence-corrected chi connectivity index (χ0v) is 11.0. The van der Waals surface area contributed by atoms with Gasteiger partial charge in [0.05, 0.1) is 0 Å². The van der Waals surface area contributed by atoms with Crippen LogP contribution in [0.15, 0.2) is 66.7 Å². The first-order valence-electron chi connectivity index (χ1n) is 6.50. The molecule has 0 heteroatoms. The maximum Gasteiger partial charge on any atom is -0.00726 e. The number of aryl methyl sites for hydroxylation is 2. The molecule has 2 rings (SSSR count). The summed E-state index contributed by atoms with van der Waals surface area (Å²) < 4.78 is 0. The van der Waals surface area contributed by atoms with Gasteiger partial charge in [0.25, 0.3) is 0 Å². The van der Waals surface area contributed by atoms with Crippen molar-refractivity contribution in [1.82, 2.24) is 0 Å². The molecule has 0 aliphatic carbocycles. The quantitative estimate of drug-likeness (QED) is 0.666. The molecule has 0 bridgehead atoms. The largest absolute Gasteiger partial charge is 0.0998 e. The minimum Gasteiger partial charge on any atom is -0.0998 e. The first-order valence-corrected chi connectivity index (χ1v) is 6.50. The topological polar surface area (TPSA) is 0 Å². The summed E-state index contributed by atoms with van der Waals surface area (Å²) >= 11 is 0. The van der Waals surface area contributed by atoms with Gasteiger partial charge in [-0.05, 0) is 42.9 Å². The highest BCUT2D eigenvalue weighted by atomic mass is 14.0. The molecule has 0 saturated heterocycles. The summed E-state index contributed by atoms with van der Waals surface area (Å²) in [7, 11) is 0. The first kappa shape index (κ1) is 12.6. The molecule has 2 aromatic rings. The van der Waals surface area contributed by atoms with Gasteiger partial charge >= 0.3 is 0 Å². The monoisotopic (exact) mass is 236 g/mol. The number of rotatable bonds is 5. The molecule has 0 nitrogen and oxygen atoms in total. The molecule has 0 aliphatic heterocycles. The summed E-state index contributed by atoms with van der Waals surface area (Å²) in [6, 6.07) is 19.6. The van der Waals surface area contributed by atoms with E-state index < -0.39 is 0 Å². The fraction of sp³-hybridized carbons (Fsp3) is 0.222. The molecule has 0 heterocycles. The van der Waals surface area contributed by atoms with Gasteiger partial charge in [-0.2, -0.15) is 0 Å². The van der Waals surface area contributed by atoms with E-state index >= 15 is 0 Å². The van der Waals surface area contributed by atoms with E-state index in [2.05, 4.69) is 68.1 Å². The second kappa shape index (κ2) is 6.20. The Bertz CT molecular complexity index is 491. The molecule has 0 unspecified atom stereocenters. The molecule has 0 saturated carbocycles. The average Bonchev–Trinajstić information content (AvgIpc) is 2.38. The fourth-order valence-electron chi connectivity index (χ4n) is 2.11. The molecule has 92 valence electrons. The van der Waals surface area contributed by atoms with Crippen molar-refractivity contribution in [2.24, 2.45) is 0 Å². The van der Waals surface area contributed by atoms with Crippen LogP contribution >= 0.6 is 0 Å². The van der Waals surface area contributed by atoms with Crippen molar-refractivity contribution in [3.63, 3.8) is 0 Å². The molecule has 0 aromatic heterocycles.